The quantitative estimate of drug-likeness (QED) is 0.829. The van der Waals surface area contributed by atoms with Gasteiger partial charge in [-0.1, -0.05) is 0 Å². The lowest BCUT2D eigenvalue weighted by molar-refractivity contribution is -0.138. The molecule has 2 aliphatic rings. The zero-order valence-corrected chi connectivity index (χ0v) is 16.3. The van der Waals surface area contributed by atoms with Crippen LogP contribution in [0.2, 0.25) is 0 Å². The Morgan fingerprint density at radius 2 is 2.19 bits per heavy atom. The topological polar surface area (TPSA) is 100 Å². The van der Waals surface area contributed by atoms with Crippen molar-refractivity contribution in [2.75, 3.05) is 19.7 Å². The third-order valence-corrected chi connectivity index (χ3v) is 6.49. The molecule has 0 aliphatic carbocycles. The molecule has 0 unspecified atom stereocenters. The van der Waals surface area contributed by atoms with Crippen LogP contribution in [0.4, 0.5) is 0 Å². The number of nitrogens with zero attached hydrogens (tertiary/aromatic N) is 3. The molecular weight excluding hydrogens is 366 g/mol. The number of nitrogens with one attached hydrogen (secondary N) is 2. The Kier molecular flexibility index (Phi) is 4.73. The van der Waals surface area contributed by atoms with Crippen LogP contribution in [0.3, 0.4) is 0 Å². The summed E-state index contributed by atoms with van der Waals surface area (Å²) in [6.45, 7) is 5.76. The molecule has 144 valence electrons. The first kappa shape index (κ1) is 18.1. The lowest BCUT2D eigenvalue weighted by atomic mass is 9.82. The van der Waals surface area contributed by atoms with E-state index < -0.39 is 0 Å². The third-order valence-electron chi connectivity index (χ3n) is 5.30. The summed E-state index contributed by atoms with van der Waals surface area (Å²) in [4.78, 5) is 32.2. The number of rotatable bonds is 3. The fourth-order valence-electron chi connectivity index (χ4n) is 3.84. The minimum atomic E-state index is -0.366. The normalized spacial score (nSPS) is 18.4. The maximum absolute atomic E-state index is 12.6. The number of H-pyrrole nitrogens is 1. The number of carbonyl (C=O) groups is 2. The molecule has 2 aromatic heterocycles. The molecule has 0 bridgehead atoms. The van der Waals surface area contributed by atoms with Gasteiger partial charge in [0.05, 0.1) is 23.6 Å². The largest absolute Gasteiger partial charge is 0.370 e. The van der Waals surface area contributed by atoms with Crippen molar-refractivity contribution >= 4 is 23.2 Å². The molecule has 4 rings (SSSR count). The molecule has 2 aromatic rings. The van der Waals surface area contributed by atoms with Crippen molar-refractivity contribution in [3.8, 4) is 0 Å². The second kappa shape index (κ2) is 7.05. The van der Waals surface area contributed by atoms with Gasteiger partial charge in [0.1, 0.15) is 5.82 Å². The number of piperidine rings is 1. The van der Waals surface area contributed by atoms with Gasteiger partial charge in [-0.05, 0) is 31.4 Å². The average Bonchev–Trinajstić information content (AvgIpc) is 3.27. The van der Waals surface area contributed by atoms with Crippen molar-refractivity contribution in [3.05, 3.63) is 33.0 Å². The highest BCUT2D eigenvalue weighted by atomic mass is 32.1. The fourth-order valence-corrected chi connectivity index (χ4v) is 4.99. The highest BCUT2D eigenvalue weighted by Crippen LogP contribution is 2.44. The van der Waals surface area contributed by atoms with Crippen molar-refractivity contribution in [2.24, 2.45) is 0 Å². The molecule has 1 spiro atoms. The van der Waals surface area contributed by atoms with E-state index >= 15 is 0 Å². The van der Waals surface area contributed by atoms with E-state index in [1.165, 1.54) is 16.2 Å². The summed E-state index contributed by atoms with van der Waals surface area (Å²) in [7, 11) is 0. The van der Waals surface area contributed by atoms with E-state index in [2.05, 4.69) is 20.5 Å². The van der Waals surface area contributed by atoms with Crippen LogP contribution < -0.4 is 5.32 Å². The van der Waals surface area contributed by atoms with Crippen LogP contribution >= 0.6 is 11.3 Å². The molecular formula is C18H23N5O3S. The van der Waals surface area contributed by atoms with E-state index in [9.17, 15) is 9.59 Å². The van der Waals surface area contributed by atoms with Crippen LogP contribution in [0.5, 0.6) is 0 Å². The van der Waals surface area contributed by atoms with Crippen molar-refractivity contribution in [3.63, 3.8) is 0 Å². The zero-order chi connectivity index (χ0) is 19.0. The first-order valence-electron chi connectivity index (χ1n) is 9.15. The van der Waals surface area contributed by atoms with E-state index in [1.54, 1.807) is 6.92 Å². The SMILES string of the molecule is CC(=O)N1CCC2(CC1)OCCc1sc(C(=O)NCc3n[nH]c(C)n3)cc12. The van der Waals surface area contributed by atoms with Crippen molar-refractivity contribution in [1.82, 2.24) is 25.4 Å². The minimum Gasteiger partial charge on any atom is -0.370 e. The molecule has 2 amide bonds. The number of amides is 2. The second-order valence-electron chi connectivity index (χ2n) is 7.07. The number of fused-ring (bicyclic) bond motifs is 2. The van der Waals surface area contributed by atoms with Gasteiger partial charge in [0.25, 0.3) is 5.91 Å². The van der Waals surface area contributed by atoms with Crippen LogP contribution in [-0.4, -0.2) is 51.6 Å². The monoisotopic (exact) mass is 389 g/mol. The number of aryl methyl sites for hydroxylation is 1. The number of aromatic nitrogens is 3. The molecule has 0 saturated carbocycles. The highest BCUT2D eigenvalue weighted by Gasteiger charge is 2.42. The molecule has 0 aromatic carbocycles. The van der Waals surface area contributed by atoms with Crippen molar-refractivity contribution < 1.29 is 14.3 Å². The Hall–Kier alpha value is -2.26. The smallest absolute Gasteiger partial charge is 0.261 e. The maximum atomic E-state index is 12.6. The number of carbonyl (C=O) groups excluding carboxylic acids is 2. The first-order chi connectivity index (χ1) is 13.0. The predicted molar refractivity (Wildman–Crippen MR) is 99.4 cm³/mol. The summed E-state index contributed by atoms with van der Waals surface area (Å²) in [6, 6.07) is 1.97. The summed E-state index contributed by atoms with van der Waals surface area (Å²) in [5.41, 5.74) is 0.760. The van der Waals surface area contributed by atoms with Crippen LogP contribution in [0.1, 0.15) is 51.5 Å². The molecule has 2 aliphatic heterocycles. The third kappa shape index (κ3) is 3.49. The molecule has 4 heterocycles. The Morgan fingerprint density at radius 3 is 2.85 bits per heavy atom. The minimum absolute atomic E-state index is 0.105. The van der Waals surface area contributed by atoms with Crippen LogP contribution in [0.15, 0.2) is 6.07 Å². The number of thiophene rings is 1. The van der Waals surface area contributed by atoms with Gasteiger partial charge in [-0.2, -0.15) is 5.10 Å². The summed E-state index contributed by atoms with van der Waals surface area (Å²) in [5, 5.41) is 9.69. The van der Waals surface area contributed by atoms with Gasteiger partial charge in [-0.3, -0.25) is 14.7 Å². The van der Waals surface area contributed by atoms with Crippen molar-refractivity contribution in [2.45, 2.75) is 45.3 Å². The Bertz CT molecular complexity index is 866. The standard InChI is InChI=1S/C18H23N5O3S/c1-11-20-16(22-21-11)10-19-17(25)15-9-13-14(27-15)3-8-26-18(13)4-6-23(7-5-18)12(2)24/h9H,3-8,10H2,1-2H3,(H,19,25)(H,20,21,22). The number of aromatic amines is 1. The summed E-state index contributed by atoms with van der Waals surface area (Å²) >= 11 is 1.54. The van der Waals surface area contributed by atoms with Gasteiger partial charge >= 0.3 is 0 Å². The second-order valence-corrected chi connectivity index (χ2v) is 8.20. The lowest BCUT2D eigenvalue weighted by Crippen LogP contribution is -2.47. The summed E-state index contributed by atoms with van der Waals surface area (Å²) in [5.74, 6) is 1.28. The molecule has 1 fully saturated rings. The van der Waals surface area contributed by atoms with E-state index in [0.29, 0.717) is 36.9 Å². The van der Waals surface area contributed by atoms with Gasteiger partial charge in [-0.25, -0.2) is 4.98 Å². The summed E-state index contributed by atoms with van der Waals surface area (Å²) < 4.78 is 6.20. The fraction of sp³-hybridized carbons (Fsp3) is 0.556. The molecule has 0 atom stereocenters. The number of likely N-dealkylation sites (tertiary alicyclic amines) is 1. The Morgan fingerprint density at radius 1 is 1.41 bits per heavy atom. The van der Waals surface area contributed by atoms with Crippen LogP contribution in [0.25, 0.3) is 0 Å². The zero-order valence-electron chi connectivity index (χ0n) is 15.5. The average molecular weight is 389 g/mol. The lowest BCUT2D eigenvalue weighted by Gasteiger charge is -2.43. The van der Waals surface area contributed by atoms with Gasteiger partial charge < -0.3 is 15.0 Å². The van der Waals surface area contributed by atoms with Crippen LogP contribution in [0, 0.1) is 6.92 Å². The number of hydrogen-bond donors (Lipinski definition) is 2. The van der Waals surface area contributed by atoms with Gasteiger partial charge in [0, 0.05) is 31.3 Å². The predicted octanol–water partition coefficient (Wildman–Crippen LogP) is 1.51. The van der Waals surface area contributed by atoms with E-state index in [0.717, 1.165) is 30.7 Å². The van der Waals surface area contributed by atoms with Gasteiger partial charge in [0.2, 0.25) is 5.91 Å². The number of hydrogen-bond acceptors (Lipinski definition) is 6. The first-order valence-corrected chi connectivity index (χ1v) is 9.97. The van der Waals surface area contributed by atoms with Crippen molar-refractivity contribution in [1.29, 1.82) is 0 Å². The Balaban J connectivity index is 1.49. The summed E-state index contributed by atoms with van der Waals surface area (Å²) in [6.07, 6.45) is 2.37. The van der Waals surface area contributed by atoms with E-state index in [-0.39, 0.29) is 17.4 Å². The molecule has 8 nitrogen and oxygen atoms in total. The van der Waals surface area contributed by atoms with E-state index in [1.807, 2.05) is 17.9 Å². The van der Waals surface area contributed by atoms with Crippen LogP contribution in [-0.2, 0) is 28.1 Å². The molecule has 2 N–H and O–H groups in total. The number of ether oxygens (including phenoxy) is 1. The van der Waals surface area contributed by atoms with Gasteiger partial charge in [0.15, 0.2) is 5.82 Å². The van der Waals surface area contributed by atoms with E-state index in [4.69, 9.17) is 4.74 Å². The molecule has 1 saturated heterocycles. The molecule has 0 radical (unpaired) electrons. The van der Waals surface area contributed by atoms with Gasteiger partial charge in [-0.15, -0.1) is 11.3 Å². The molecule has 9 heteroatoms. The highest BCUT2D eigenvalue weighted by molar-refractivity contribution is 7.14. The Labute approximate surface area is 161 Å². The maximum Gasteiger partial charge on any atom is 0.261 e. The molecule has 27 heavy (non-hydrogen) atoms.